The Balaban J connectivity index is 1.60. The number of anilines is 3. The molecule has 8 heteroatoms. The van der Waals surface area contributed by atoms with Crippen LogP contribution in [0.1, 0.15) is 24.0 Å². The van der Waals surface area contributed by atoms with Crippen molar-refractivity contribution in [3.05, 3.63) is 47.5 Å². The Morgan fingerprint density at radius 2 is 1.35 bits per heavy atom. The topological polar surface area (TPSA) is 104 Å². The van der Waals surface area contributed by atoms with Gasteiger partial charge in [-0.3, -0.25) is 14.3 Å². The van der Waals surface area contributed by atoms with Gasteiger partial charge < -0.3 is 10.6 Å². The van der Waals surface area contributed by atoms with Crippen molar-refractivity contribution in [1.82, 2.24) is 0 Å². The molecule has 0 unspecified atom stereocenters. The smallest absolute Gasteiger partial charge is 0.261 e. The summed E-state index contributed by atoms with van der Waals surface area (Å²) >= 11 is 0. The fourth-order valence-corrected chi connectivity index (χ4v) is 4.29. The number of aryl methyl sites for hydroxylation is 2. The molecule has 0 fully saturated rings. The monoisotopic (exact) mass is 371 g/mol. The molecule has 0 aliphatic carbocycles. The van der Waals surface area contributed by atoms with Gasteiger partial charge in [0, 0.05) is 29.9 Å². The lowest BCUT2D eigenvalue weighted by atomic mass is 10.0. The Hall–Kier alpha value is -2.87. The molecule has 3 N–H and O–H groups in total. The Morgan fingerprint density at radius 3 is 2.00 bits per heavy atom. The number of rotatable bonds is 3. The number of carbonyl (C=O) groups is 2. The molecule has 0 saturated heterocycles. The van der Waals surface area contributed by atoms with Crippen molar-refractivity contribution in [2.75, 3.05) is 15.4 Å². The van der Waals surface area contributed by atoms with Crippen LogP contribution in [0, 0.1) is 0 Å². The first kappa shape index (κ1) is 16.6. The van der Waals surface area contributed by atoms with Gasteiger partial charge >= 0.3 is 0 Å². The minimum atomic E-state index is -3.75. The van der Waals surface area contributed by atoms with Crippen LogP contribution in [0.4, 0.5) is 17.1 Å². The molecule has 0 saturated carbocycles. The SMILES string of the molecule is O=C1CCc2cc(NS(=O)(=O)c3ccc4c(c3)CCC(=O)N4)ccc2N1. The summed E-state index contributed by atoms with van der Waals surface area (Å²) in [6, 6.07) is 9.75. The summed E-state index contributed by atoms with van der Waals surface area (Å²) in [4.78, 5) is 23.0. The van der Waals surface area contributed by atoms with Crippen LogP contribution in [0.5, 0.6) is 0 Å². The maximum atomic E-state index is 12.7. The molecule has 4 rings (SSSR count). The number of hydrogen-bond donors (Lipinski definition) is 3. The molecule has 26 heavy (non-hydrogen) atoms. The first-order valence-corrected chi connectivity index (χ1v) is 9.77. The molecule has 2 aliphatic heterocycles. The largest absolute Gasteiger partial charge is 0.326 e. The summed E-state index contributed by atoms with van der Waals surface area (Å²) < 4.78 is 28.0. The van der Waals surface area contributed by atoms with E-state index >= 15 is 0 Å². The van der Waals surface area contributed by atoms with Gasteiger partial charge in [0.15, 0.2) is 0 Å². The van der Waals surface area contributed by atoms with Gasteiger partial charge in [-0.05, 0) is 60.4 Å². The van der Waals surface area contributed by atoms with Crippen LogP contribution >= 0.6 is 0 Å². The van der Waals surface area contributed by atoms with Crippen LogP contribution in [0.25, 0.3) is 0 Å². The van der Waals surface area contributed by atoms with E-state index in [1.54, 1.807) is 30.3 Å². The molecule has 2 heterocycles. The summed E-state index contributed by atoms with van der Waals surface area (Å²) in [5.41, 5.74) is 3.53. The molecule has 0 bridgehead atoms. The van der Waals surface area contributed by atoms with E-state index in [-0.39, 0.29) is 16.7 Å². The summed E-state index contributed by atoms with van der Waals surface area (Å²) in [7, 11) is -3.75. The lowest BCUT2D eigenvalue weighted by Crippen LogP contribution is -2.21. The molecule has 0 aromatic heterocycles. The zero-order valence-electron chi connectivity index (χ0n) is 13.8. The van der Waals surface area contributed by atoms with Gasteiger partial charge in [-0.15, -0.1) is 0 Å². The zero-order chi connectivity index (χ0) is 18.3. The van der Waals surface area contributed by atoms with Crippen molar-refractivity contribution in [2.45, 2.75) is 30.6 Å². The van der Waals surface area contributed by atoms with Gasteiger partial charge in [0.05, 0.1) is 4.90 Å². The van der Waals surface area contributed by atoms with Crippen molar-refractivity contribution < 1.29 is 18.0 Å². The third kappa shape index (κ3) is 3.15. The van der Waals surface area contributed by atoms with Crippen molar-refractivity contribution in [2.24, 2.45) is 0 Å². The fraction of sp³-hybridized carbons (Fsp3) is 0.222. The highest BCUT2D eigenvalue weighted by Gasteiger charge is 2.21. The van der Waals surface area contributed by atoms with Gasteiger partial charge in [0.2, 0.25) is 11.8 Å². The molecule has 2 aliphatic rings. The molecule has 2 amide bonds. The highest BCUT2D eigenvalue weighted by Crippen LogP contribution is 2.29. The van der Waals surface area contributed by atoms with E-state index in [0.717, 1.165) is 11.1 Å². The van der Waals surface area contributed by atoms with E-state index in [1.165, 1.54) is 6.07 Å². The molecule has 0 spiro atoms. The van der Waals surface area contributed by atoms with E-state index in [2.05, 4.69) is 15.4 Å². The van der Waals surface area contributed by atoms with Crippen molar-refractivity contribution in [3.63, 3.8) is 0 Å². The normalized spacial score (nSPS) is 16.2. The third-order valence-corrected chi connectivity index (χ3v) is 5.91. The minimum Gasteiger partial charge on any atom is -0.326 e. The molecule has 134 valence electrons. The molecular formula is C18H17N3O4S. The highest BCUT2D eigenvalue weighted by molar-refractivity contribution is 7.92. The molecule has 2 aromatic carbocycles. The van der Waals surface area contributed by atoms with Crippen molar-refractivity contribution >= 4 is 38.9 Å². The van der Waals surface area contributed by atoms with Gasteiger partial charge in [-0.1, -0.05) is 0 Å². The van der Waals surface area contributed by atoms with Gasteiger partial charge in [-0.2, -0.15) is 0 Å². The minimum absolute atomic E-state index is 0.0352. The highest BCUT2D eigenvalue weighted by atomic mass is 32.2. The first-order chi connectivity index (χ1) is 12.4. The predicted octanol–water partition coefficient (Wildman–Crippen LogP) is 2.26. The Labute approximate surface area is 150 Å². The summed E-state index contributed by atoms with van der Waals surface area (Å²) in [6.07, 6.45) is 1.83. The maximum Gasteiger partial charge on any atom is 0.261 e. The van der Waals surface area contributed by atoms with Crippen molar-refractivity contribution in [3.8, 4) is 0 Å². The Bertz CT molecular complexity index is 1030. The standard InChI is InChI=1S/C18H17N3O4S/c22-17-7-1-11-9-13(3-5-15(11)19-17)21-26(24,25)14-4-6-16-12(10-14)2-8-18(23)20-16/h3-6,9-10,21H,1-2,7-8H2,(H,19,22)(H,20,23). The summed E-state index contributed by atoms with van der Waals surface area (Å²) in [5.74, 6) is -0.0978. The lowest BCUT2D eigenvalue weighted by molar-refractivity contribution is -0.117. The fourth-order valence-electron chi connectivity index (χ4n) is 3.19. The van der Waals surface area contributed by atoms with Gasteiger partial charge in [0.1, 0.15) is 0 Å². The first-order valence-electron chi connectivity index (χ1n) is 8.29. The molecule has 2 aromatic rings. The molecule has 0 atom stereocenters. The van der Waals surface area contributed by atoms with E-state index in [1.807, 2.05) is 0 Å². The Kier molecular flexibility index (Phi) is 3.91. The Morgan fingerprint density at radius 1 is 0.769 bits per heavy atom. The maximum absolute atomic E-state index is 12.7. The van der Waals surface area contributed by atoms with Crippen LogP contribution in [-0.4, -0.2) is 20.2 Å². The van der Waals surface area contributed by atoms with E-state index < -0.39 is 10.0 Å². The average molecular weight is 371 g/mol. The van der Waals surface area contributed by atoms with Crippen LogP contribution in [0.15, 0.2) is 41.3 Å². The van der Waals surface area contributed by atoms with Crippen LogP contribution < -0.4 is 15.4 Å². The predicted molar refractivity (Wildman–Crippen MR) is 97.6 cm³/mol. The van der Waals surface area contributed by atoms with Crippen molar-refractivity contribution in [1.29, 1.82) is 0 Å². The number of hydrogen-bond acceptors (Lipinski definition) is 4. The second-order valence-electron chi connectivity index (χ2n) is 6.39. The van der Waals surface area contributed by atoms with E-state index in [4.69, 9.17) is 0 Å². The van der Waals surface area contributed by atoms with E-state index in [9.17, 15) is 18.0 Å². The number of sulfonamides is 1. The quantitative estimate of drug-likeness (QED) is 0.770. The third-order valence-electron chi connectivity index (χ3n) is 4.54. The lowest BCUT2D eigenvalue weighted by Gasteiger charge is -2.19. The zero-order valence-corrected chi connectivity index (χ0v) is 14.7. The summed E-state index contributed by atoms with van der Waals surface area (Å²) in [5, 5.41) is 5.51. The van der Waals surface area contributed by atoms with Gasteiger partial charge in [-0.25, -0.2) is 8.42 Å². The average Bonchev–Trinajstić information content (AvgIpc) is 2.61. The second-order valence-corrected chi connectivity index (χ2v) is 8.08. The van der Waals surface area contributed by atoms with Crippen LogP contribution in [0.3, 0.4) is 0 Å². The van der Waals surface area contributed by atoms with Crippen LogP contribution in [0.2, 0.25) is 0 Å². The molecule has 0 radical (unpaired) electrons. The van der Waals surface area contributed by atoms with E-state index in [0.29, 0.717) is 42.7 Å². The number of nitrogens with one attached hydrogen (secondary N) is 3. The number of benzene rings is 2. The molecule has 7 nitrogen and oxygen atoms in total. The van der Waals surface area contributed by atoms with Gasteiger partial charge in [0.25, 0.3) is 10.0 Å². The van der Waals surface area contributed by atoms with Crippen LogP contribution in [-0.2, 0) is 32.5 Å². The second kappa shape index (κ2) is 6.14. The number of fused-ring (bicyclic) bond motifs is 2. The summed E-state index contributed by atoms with van der Waals surface area (Å²) in [6.45, 7) is 0. The number of amides is 2. The number of carbonyl (C=O) groups excluding carboxylic acids is 2. The molecular weight excluding hydrogens is 354 g/mol.